The van der Waals surface area contributed by atoms with Gasteiger partial charge in [-0.2, -0.15) is 0 Å². The molecule has 0 amide bonds. The Labute approximate surface area is 135 Å². The summed E-state index contributed by atoms with van der Waals surface area (Å²) in [6, 6.07) is 17.2. The lowest BCUT2D eigenvalue weighted by molar-refractivity contribution is -0.384. The molecule has 0 aliphatic rings. The Balaban J connectivity index is 2.03. The highest BCUT2D eigenvalue weighted by atomic mass is 32.2. The first-order valence-electron chi connectivity index (χ1n) is 7.19. The van der Waals surface area contributed by atoms with Crippen LogP contribution in [0.25, 0.3) is 0 Å². The second-order valence-electron chi connectivity index (χ2n) is 5.26. The zero-order valence-electron chi connectivity index (χ0n) is 12.8. The molecule has 0 spiro atoms. The van der Waals surface area contributed by atoms with Crippen LogP contribution in [0.5, 0.6) is 0 Å². The van der Waals surface area contributed by atoms with Gasteiger partial charge in [-0.1, -0.05) is 47.7 Å². The van der Waals surface area contributed by atoms with Gasteiger partial charge in [0, 0.05) is 17.0 Å². The van der Waals surface area contributed by atoms with Gasteiger partial charge in [0.1, 0.15) is 0 Å². The summed E-state index contributed by atoms with van der Waals surface area (Å²) in [7, 11) is 0. The third-order valence-electron chi connectivity index (χ3n) is 3.33. The third kappa shape index (κ3) is 4.74. The van der Waals surface area contributed by atoms with Crippen LogP contribution >= 0.6 is 11.8 Å². The monoisotopic (exact) mass is 313 g/mol. The van der Waals surface area contributed by atoms with Gasteiger partial charge in [0.2, 0.25) is 0 Å². The van der Waals surface area contributed by atoms with E-state index in [4.69, 9.17) is 0 Å². The fourth-order valence-electron chi connectivity index (χ4n) is 2.08. The normalized spacial score (nSPS) is 10.3. The molecule has 3 nitrogen and oxygen atoms in total. The molecule has 0 aliphatic carbocycles. The predicted octanol–water partition coefficient (Wildman–Crippen LogP) is 5.61. The lowest BCUT2D eigenvalue weighted by Gasteiger charge is -2.10. The maximum Gasteiger partial charge on any atom is 0.269 e. The van der Waals surface area contributed by atoms with Crippen LogP contribution in [0.15, 0.2) is 70.0 Å². The summed E-state index contributed by atoms with van der Waals surface area (Å²) < 4.78 is 0. The van der Waals surface area contributed by atoms with Crippen LogP contribution in [0.4, 0.5) is 5.69 Å². The Bertz CT molecular complexity index is 659. The largest absolute Gasteiger partial charge is 0.269 e. The SMILES string of the molecule is CC(C)=C(CCc1ccccc1)Sc1ccc([N+](=O)[O-])cc1. The van der Waals surface area contributed by atoms with Gasteiger partial charge in [-0.25, -0.2) is 0 Å². The number of rotatable bonds is 6. The van der Waals surface area contributed by atoms with E-state index in [-0.39, 0.29) is 10.6 Å². The fourth-order valence-corrected chi connectivity index (χ4v) is 3.05. The number of nitro benzene ring substituents is 1. The van der Waals surface area contributed by atoms with Crippen molar-refractivity contribution in [2.45, 2.75) is 31.6 Å². The van der Waals surface area contributed by atoms with Gasteiger partial charge in [0.25, 0.3) is 5.69 Å². The minimum absolute atomic E-state index is 0.132. The molecule has 0 bridgehead atoms. The highest BCUT2D eigenvalue weighted by Crippen LogP contribution is 2.33. The summed E-state index contributed by atoms with van der Waals surface area (Å²) in [5, 5.41) is 10.7. The van der Waals surface area contributed by atoms with E-state index in [1.807, 2.05) is 18.2 Å². The number of non-ortho nitro benzene ring substituents is 1. The summed E-state index contributed by atoms with van der Waals surface area (Å²) in [5.41, 5.74) is 2.75. The van der Waals surface area contributed by atoms with Crippen molar-refractivity contribution in [3.05, 3.63) is 80.8 Å². The van der Waals surface area contributed by atoms with Crippen LogP contribution in [-0.2, 0) is 6.42 Å². The minimum atomic E-state index is -0.369. The summed E-state index contributed by atoms with van der Waals surface area (Å²) in [6.07, 6.45) is 1.98. The van der Waals surface area contributed by atoms with Gasteiger partial charge >= 0.3 is 0 Å². The average molecular weight is 313 g/mol. The molecule has 0 fully saturated rings. The lowest BCUT2D eigenvalue weighted by Crippen LogP contribution is -1.90. The van der Waals surface area contributed by atoms with Gasteiger partial charge in [-0.15, -0.1) is 0 Å². The maximum atomic E-state index is 10.7. The Morgan fingerprint density at radius 2 is 1.68 bits per heavy atom. The van der Waals surface area contributed by atoms with E-state index in [0.717, 1.165) is 17.7 Å². The van der Waals surface area contributed by atoms with Crippen LogP contribution in [0.3, 0.4) is 0 Å². The van der Waals surface area contributed by atoms with Crippen LogP contribution in [0.2, 0.25) is 0 Å². The van der Waals surface area contributed by atoms with E-state index in [1.165, 1.54) is 16.0 Å². The second kappa shape index (κ2) is 7.80. The van der Waals surface area contributed by atoms with Crippen LogP contribution in [0.1, 0.15) is 25.8 Å². The van der Waals surface area contributed by atoms with Crippen molar-refractivity contribution in [1.82, 2.24) is 0 Å². The lowest BCUT2D eigenvalue weighted by atomic mass is 10.1. The quantitative estimate of drug-likeness (QED) is 0.395. The number of hydrogen-bond acceptors (Lipinski definition) is 3. The van der Waals surface area contributed by atoms with Crippen molar-refractivity contribution in [1.29, 1.82) is 0 Å². The first-order valence-corrected chi connectivity index (χ1v) is 8.00. The summed E-state index contributed by atoms with van der Waals surface area (Å²) >= 11 is 1.69. The molecule has 0 N–H and O–H groups in total. The summed E-state index contributed by atoms with van der Waals surface area (Å²) in [5.74, 6) is 0. The zero-order chi connectivity index (χ0) is 15.9. The van der Waals surface area contributed by atoms with E-state index >= 15 is 0 Å². The molecule has 0 aliphatic heterocycles. The van der Waals surface area contributed by atoms with Crippen molar-refractivity contribution in [3.8, 4) is 0 Å². The number of thioether (sulfide) groups is 1. The van der Waals surface area contributed by atoms with Crippen LogP contribution < -0.4 is 0 Å². The van der Waals surface area contributed by atoms with E-state index in [1.54, 1.807) is 23.9 Å². The number of allylic oxidation sites excluding steroid dienone is 2. The van der Waals surface area contributed by atoms with E-state index < -0.39 is 0 Å². The Morgan fingerprint density at radius 1 is 1.05 bits per heavy atom. The van der Waals surface area contributed by atoms with E-state index in [9.17, 15) is 10.1 Å². The smallest absolute Gasteiger partial charge is 0.258 e. The van der Waals surface area contributed by atoms with Crippen molar-refractivity contribution >= 4 is 17.4 Å². The topological polar surface area (TPSA) is 43.1 Å². The summed E-state index contributed by atoms with van der Waals surface area (Å²) in [4.78, 5) is 12.7. The first kappa shape index (κ1) is 16.3. The van der Waals surface area contributed by atoms with E-state index in [2.05, 4.69) is 38.1 Å². The molecule has 22 heavy (non-hydrogen) atoms. The molecule has 4 heteroatoms. The average Bonchev–Trinajstić information content (AvgIpc) is 2.52. The molecule has 2 aromatic rings. The molecule has 2 aromatic carbocycles. The molecule has 0 saturated heterocycles. The highest BCUT2D eigenvalue weighted by molar-refractivity contribution is 8.03. The van der Waals surface area contributed by atoms with Gasteiger partial charge < -0.3 is 0 Å². The first-order chi connectivity index (χ1) is 10.6. The molecule has 0 aromatic heterocycles. The van der Waals surface area contributed by atoms with Gasteiger partial charge in [0.05, 0.1) is 4.92 Å². The van der Waals surface area contributed by atoms with Crippen LogP contribution in [-0.4, -0.2) is 4.92 Å². The molecular weight excluding hydrogens is 294 g/mol. The minimum Gasteiger partial charge on any atom is -0.258 e. The van der Waals surface area contributed by atoms with Gasteiger partial charge in [-0.3, -0.25) is 10.1 Å². The zero-order valence-corrected chi connectivity index (χ0v) is 13.6. The molecule has 0 heterocycles. The van der Waals surface area contributed by atoms with E-state index in [0.29, 0.717) is 0 Å². The number of aryl methyl sites for hydroxylation is 1. The number of nitro groups is 1. The standard InChI is InChI=1S/C18H19NO2S/c1-14(2)18(13-8-15-6-4-3-5-7-15)22-17-11-9-16(10-12-17)19(20)21/h3-7,9-12H,8,13H2,1-2H3. The van der Waals surface area contributed by atoms with Gasteiger partial charge in [-0.05, 0) is 49.3 Å². The van der Waals surface area contributed by atoms with Crippen molar-refractivity contribution < 1.29 is 4.92 Å². The number of nitrogens with zero attached hydrogens (tertiary/aromatic N) is 1. The molecule has 2 rings (SSSR count). The predicted molar refractivity (Wildman–Crippen MR) is 92.1 cm³/mol. The Morgan fingerprint density at radius 3 is 2.23 bits per heavy atom. The van der Waals surface area contributed by atoms with Gasteiger partial charge in [0.15, 0.2) is 0 Å². The molecule has 0 unspecified atom stereocenters. The second-order valence-corrected chi connectivity index (χ2v) is 6.43. The number of hydrogen-bond donors (Lipinski definition) is 0. The Hall–Kier alpha value is -2.07. The molecule has 0 radical (unpaired) electrons. The van der Waals surface area contributed by atoms with Crippen LogP contribution in [0, 0.1) is 10.1 Å². The molecule has 0 atom stereocenters. The Kier molecular flexibility index (Phi) is 5.78. The molecular formula is C18H19NO2S. The molecule has 0 saturated carbocycles. The van der Waals surface area contributed by atoms with Crippen molar-refractivity contribution in [3.63, 3.8) is 0 Å². The number of benzene rings is 2. The van der Waals surface area contributed by atoms with Crippen molar-refractivity contribution in [2.24, 2.45) is 0 Å². The fraction of sp³-hybridized carbons (Fsp3) is 0.222. The summed E-state index contributed by atoms with van der Waals surface area (Å²) in [6.45, 7) is 4.22. The van der Waals surface area contributed by atoms with Crippen molar-refractivity contribution in [2.75, 3.05) is 0 Å². The third-order valence-corrected chi connectivity index (χ3v) is 4.70. The highest BCUT2D eigenvalue weighted by Gasteiger charge is 2.07. The molecule has 114 valence electrons. The maximum absolute atomic E-state index is 10.7.